The van der Waals surface area contributed by atoms with Gasteiger partial charge in [0.25, 0.3) is 0 Å². The van der Waals surface area contributed by atoms with E-state index in [1.54, 1.807) is 30.0 Å². The molecule has 0 aliphatic carbocycles. The van der Waals surface area contributed by atoms with E-state index in [-0.39, 0.29) is 23.7 Å². The molecule has 0 atom stereocenters. The molecule has 0 heterocycles. The predicted octanol–water partition coefficient (Wildman–Crippen LogP) is 4.81. The van der Waals surface area contributed by atoms with Gasteiger partial charge in [-0.25, -0.2) is 0 Å². The largest absolute Gasteiger partial charge is 0.507 e. The molecule has 24 heavy (non-hydrogen) atoms. The van der Waals surface area contributed by atoms with Crippen LogP contribution in [0.1, 0.15) is 10.4 Å². The maximum atomic E-state index is 12.1. The summed E-state index contributed by atoms with van der Waals surface area (Å²) in [5, 5.41) is 9.68. The first-order chi connectivity index (χ1) is 11.7. The zero-order valence-corrected chi connectivity index (χ0v) is 13.7. The minimum atomic E-state index is -0.254. The Morgan fingerprint density at radius 2 is 1.46 bits per heavy atom. The third-order valence-corrected chi connectivity index (χ3v) is 4.39. The van der Waals surface area contributed by atoms with E-state index in [9.17, 15) is 9.90 Å². The van der Waals surface area contributed by atoms with E-state index in [1.807, 2.05) is 42.5 Å². The zero-order valence-electron chi connectivity index (χ0n) is 12.9. The summed E-state index contributed by atoms with van der Waals surface area (Å²) < 4.78 is 5.51. The third kappa shape index (κ3) is 4.18. The maximum Gasteiger partial charge on any atom is 0.203 e. The molecule has 0 unspecified atom stereocenters. The topological polar surface area (TPSA) is 46.5 Å². The summed E-state index contributed by atoms with van der Waals surface area (Å²) in [5.41, 5.74) is 0.272. The van der Waals surface area contributed by atoms with Crippen molar-refractivity contribution >= 4 is 17.5 Å². The fourth-order valence-corrected chi connectivity index (χ4v) is 3.00. The summed E-state index contributed by atoms with van der Waals surface area (Å²) in [6, 6.07) is 24.2. The number of para-hydroxylation sites is 1. The van der Waals surface area contributed by atoms with Crippen LogP contribution in [0.2, 0.25) is 0 Å². The van der Waals surface area contributed by atoms with Crippen LogP contribution in [0.4, 0.5) is 0 Å². The van der Waals surface area contributed by atoms with E-state index in [1.165, 1.54) is 11.0 Å². The van der Waals surface area contributed by atoms with Gasteiger partial charge in [0.15, 0.2) is 6.61 Å². The lowest BCUT2D eigenvalue weighted by Gasteiger charge is -2.07. The molecule has 0 aliphatic rings. The number of rotatable bonds is 6. The maximum absolute atomic E-state index is 12.1. The van der Waals surface area contributed by atoms with E-state index >= 15 is 0 Å². The lowest BCUT2D eigenvalue weighted by atomic mass is 10.1. The quantitative estimate of drug-likeness (QED) is 0.657. The third-order valence-electron chi connectivity index (χ3n) is 3.38. The number of carbonyl (C=O) groups excluding carboxylic acids is 1. The van der Waals surface area contributed by atoms with Gasteiger partial charge in [-0.2, -0.15) is 0 Å². The molecule has 3 aromatic rings. The van der Waals surface area contributed by atoms with Crippen LogP contribution in [0.3, 0.4) is 0 Å². The van der Waals surface area contributed by atoms with Crippen LogP contribution in [0.5, 0.6) is 11.5 Å². The number of hydrogen-bond acceptors (Lipinski definition) is 4. The minimum absolute atomic E-state index is 0.0271. The van der Waals surface area contributed by atoms with E-state index < -0.39 is 0 Å². The van der Waals surface area contributed by atoms with Crippen LogP contribution in [-0.2, 0) is 0 Å². The van der Waals surface area contributed by atoms with E-state index in [0.717, 1.165) is 4.90 Å². The highest BCUT2D eigenvalue weighted by Crippen LogP contribution is 2.28. The SMILES string of the molecule is O=C(COc1ccc(Sc2ccccc2)cc1)c1ccccc1O. The van der Waals surface area contributed by atoms with Gasteiger partial charge in [-0.05, 0) is 48.5 Å². The smallest absolute Gasteiger partial charge is 0.203 e. The Labute approximate surface area is 144 Å². The first kappa shape index (κ1) is 16.1. The van der Waals surface area contributed by atoms with Gasteiger partial charge >= 0.3 is 0 Å². The summed E-state index contributed by atoms with van der Waals surface area (Å²) in [6.45, 7) is -0.108. The van der Waals surface area contributed by atoms with E-state index in [0.29, 0.717) is 5.75 Å². The van der Waals surface area contributed by atoms with Crippen LogP contribution in [0, 0.1) is 0 Å². The van der Waals surface area contributed by atoms with Crippen molar-refractivity contribution in [2.24, 2.45) is 0 Å². The van der Waals surface area contributed by atoms with Gasteiger partial charge in [0, 0.05) is 9.79 Å². The molecule has 0 spiro atoms. The van der Waals surface area contributed by atoms with Gasteiger partial charge in [0.2, 0.25) is 5.78 Å². The van der Waals surface area contributed by atoms with Crippen molar-refractivity contribution in [1.82, 2.24) is 0 Å². The zero-order chi connectivity index (χ0) is 16.8. The van der Waals surface area contributed by atoms with Crippen LogP contribution in [-0.4, -0.2) is 17.5 Å². The molecular weight excluding hydrogens is 320 g/mol. The van der Waals surface area contributed by atoms with Gasteiger partial charge in [-0.1, -0.05) is 42.1 Å². The monoisotopic (exact) mass is 336 g/mol. The number of phenolic OH excluding ortho intramolecular Hbond substituents is 1. The molecule has 0 amide bonds. The van der Waals surface area contributed by atoms with Gasteiger partial charge in [-0.3, -0.25) is 4.79 Å². The summed E-state index contributed by atoms with van der Waals surface area (Å²) in [4.78, 5) is 14.3. The average Bonchev–Trinajstić information content (AvgIpc) is 2.62. The first-order valence-corrected chi connectivity index (χ1v) is 8.31. The highest BCUT2D eigenvalue weighted by Gasteiger charge is 2.11. The summed E-state index contributed by atoms with van der Waals surface area (Å²) in [7, 11) is 0. The van der Waals surface area contributed by atoms with Crippen molar-refractivity contribution in [3.05, 3.63) is 84.4 Å². The predicted molar refractivity (Wildman–Crippen MR) is 94.9 cm³/mol. The van der Waals surface area contributed by atoms with Gasteiger partial charge < -0.3 is 9.84 Å². The number of hydrogen-bond donors (Lipinski definition) is 1. The Kier molecular flexibility index (Phi) is 5.18. The molecule has 0 saturated heterocycles. The molecule has 120 valence electrons. The van der Waals surface area contributed by atoms with Crippen LogP contribution in [0.25, 0.3) is 0 Å². The first-order valence-electron chi connectivity index (χ1n) is 7.49. The van der Waals surface area contributed by atoms with Crippen LogP contribution < -0.4 is 4.74 Å². The molecule has 0 radical (unpaired) electrons. The molecule has 0 fully saturated rings. The van der Waals surface area contributed by atoms with Crippen molar-refractivity contribution in [2.45, 2.75) is 9.79 Å². The standard InChI is InChI=1S/C20H16O3S/c21-19-9-5-4-8-18(19)20(22)14-23-15-10-12-17(13-11-15)24-16-6-2-1-3-7-16/h1-13,21H,14H2. The van der Waals surface area contributed by atoms with Gasteiger partial charge in [0.05, 0.1) is 5.56 Å². The molecule has 3 nitrogen and oxygen atoms in total. The van der Waals surface area contributed by atoms with Gasteiger partial charge in [0.1, 0.15) is 11.5 Å². The molecule has 0 aliphatic heterocycles. The second kappa shape index (κ2) is 7.70. The number of ether oxygens (including phenoxy) is 1. The molecule has 1 N–H and O–H groups in total. The number of carbonyl (C=O) groups is 1. The molecule has 0 bridgehead atoms. The van der Waals surface area contributed by atoms with E-state index in [2.05, 4.69) is 12.1 Å². The number of benzene rings is 3. The second-order valence-corrected chi connectivity index (χ2v) is 6.26. The van der Waals surface area contributed by atoms with Gasteiger partial charge in [-0.15, -0.1) is 0 Å². The van der Waals surface area contributed by atoms with Crippen molar-refractivity contribution in [3.8, 4) is 11.5 Å². The summed E-state index contributed by atoms with van der Waals surface area (Å²) >= 11 is 1.66. The minimum Gasteiger partial charge on any atom is -0.507 e. The van der Waals surface area contributed by atoms with Crippen LogP contribution in [0.15, 0.2) is 88.7 Å². The Hall–Kier alpha value is -2.72. The number of Topliss-reactive ketones (excluding diaryl/α,β-unsaturated/α-hetero) is 1. The van der Waals surface area contributed by atoms with E-state index in [4.69, 9.17) is 4.74 Å². The molecule has 3 aromatic carbocycles. The fourth-order valence-electron chi connectivity index (χ4n) is 2.16. The second-order valence-electron chi connectivity index (χ2n) is 5.12. The molecular formula is C20H16O3S. The number of ketones is 1. The highest BCUT2D eigenvalue weighted by molar-refractivity contribution is 7.99. The molecule has 0 saturated carbocycles. The highest BCUT2D eigenvalue weighted by atomic mass is 32.2. The van der Waals surface area contributed by atoms with Crippen molar-refractivity contribution in [1.29, 1.82) is 0 Å². The Morgan fingerprint density at radius 1 is 0.833 bits per heavy atom. The number of phenols is 1. The van der Waals surface area contributed by atoms with Crippen LogP contribution >= 0.6 is 11.8 Å². The molecule has 4 heteroatoms. The average molecular weight is 336 g/mol. The Bertz CT molecular complexity index is 814. The normalized spacial score (nSPS) is 10.3. The molecule has 3 rings (SSSR count). The lowest BCUT2D eigenvalue weighted by Crippen LogP contribution is -2.11. The van der Waals surface area contributed by atoms with Crippen molar-refractivity contribution in [2.75, 3.05) is 6.61 Å². The Balaban J connectivity index is 1.58. The van der Waals surface area contributed by atoms with Crippen molar-refractivity contribution < 1.29 is 14.6 Å². The number of aromatic hydroxyl groups is 1. The van der Waals surface area contributed by atoms with Crippen molar-refractivity contribution in [3.63, 3.8) is 0 Å². The molecule has 0 aromatic heterocycles. The summed E-state index contributed by atoms with van der Waals surface area (Å²) in [6.07, 6.45) is 0. The lowest BCUT2D eigenvalue weighted by molar-refractivity contribution is 0.0919. The Morgan fingerprint density at radius 3 is 2.17 bits per heavy atom. The summed E-state index contributed by atoms with van der Waals surface area (Å²) in [5.74, 6) is 0.340. The fraction of sp³-hybridized carbons (Fsp3) is 0.0500.